The van der Waals surface area contributed by atoms with E-state index in [-0.39, 0.29) is 0 Å². The number of nitrogens with zero attached hydrogens (tertiary/aromatic N) is 2. The third-order valence-electron chi connectivity index (χ3n) is 3.68. The van der Waals surface area contributed by atoms with Crippen molar-refractivity contribution in [3.05, 3.63) is 18.2 Å². The van der Waals surface area contributed by atoms with Crippen molar-refractivity contribution >= 4 is 11.8 Å². The Balaban J connectivity index is 1.52. The van der Waals surface area contributed by atoms with Gasteiger partial charge in [0.15, 0.2) is 0 Å². The number of imidazole rings is 1. The molecule has 0 radical (unpaired) electrons. The Labute approximate surface area is 101 Å². The number of thioether (sulfide) groups is 1. The Bertz CT molecular complexity index is 366. The Hall–Kier alpha value is -0.480. The second kappa shape index (κ2) is 4.08. The van der Waals surface area contributed by atoms with E-state index >= 15 is 0 Å². The van der Waals surface area contributed by atoms with Gasteiger partial charge < -0.3 is 9.88 Å². The first kappa shape index (κ1) is 10.7. The third-order valence-corrected chi connectivity index (χ3v) is 5.10. The molecule has 1 N–H and O–H groups in total. The lowest BCUT2D eigenvalue weighted by Gasteiger charge is -2.13. The van der Waals surface area contributed by atoms with Crippen LogP contribution in [0.3, 0.4) is 0 Å². The van der Waals surface area contributed by atoms with Crippen LogP contribution in [0.4, 0.5) is 0 Å². The van der Waals surface area contributed by atoms with E-state index in [2.05, 4.69) is 21.1 Å². The summed E-state index contributed by atoms with van der Waals surface area (Å²) in [6, 6.07) is 0.745. The van der Waals surface area contributed by atoms with E-state index < -0.39 is 0 Å². The minimum Gasteiger partial charge on any atom is -0.330 e. The summed E-state index contributed by atoms with van der Waals surface area (Å²) < 4.78 is 2.90. The molecule has 2 saturated carbocycles. The quantitative estimate of drug-likeness (QED) is 0.822. The first-order chi connectivity index (χ1) is 7.83. The minimum atomic E-state index is 0.560. The van der Waals surface area contributed by atoms with Crippen molar-refractivity contribution in [2.45, 2.75) is 43.0 Å². The van der Waals surface area contributed by atoms with Gasteiger partial charge in [0.05, 0.1) is 12.0 Å². The molecular weight excluding hydrogens is 218 g/mol. The summed E-state index contributed by atoms with van der Waals surface area (Å²) in [7, 11) is 0. The Morgan fingerprint density at radius 1 is 1.56 bits per heavy atom. The Kier molecular flexibility index (Phi) is 2.72. The zero-order chi connectivity index (χ0) is 11.0. The normalized spacial score (nSPS) is 22.3. The molecule has 0 spiro atoms. The Morgan fingerprint density at radius 3 is 3.00 bits per heavy atom. The summed E-state index contributed by atoms with van der Waals surface area (Å²) in [6.45, 7) is 2.11. The van der Waals surface area contributed by atoms with Gasteiger partial charge in [0, 0.05) is 30.1 Å². The molecule has 16 heavy (non-hydrogen) atoms. The van der Waals surface area contributed by atoms with Crippen LogP contribution in [0.15, 0.2) is 12.5 Å². The summed E-state index contributed by atoms with van der Waals surface area (Å²) in [6.07, 6.45) is 11.6. The van der Waals surface area contributed by atoms with Gasteiger partial charge in [0.1, 0.15) is 0 Å². The van der Waals surface area contributed by atoms with Crippen LogP contribution in [0.1, 0.15) is 37.4 Å². The topological polar surface area (TPSA) is 29.9 Å². The molecule has 1 aromatic heterocycles. The average Bonchev–Trinajstić information content (AvgIpc) is 3.21. The van der Waals surface area contributed by atoms with E-state index in [9.17, 15) is 0 Å². The number of rotatable bonds is 6. The van der Waals surface area contributed by atoms with E-state index in [0.717, 1.165) is 19.1 Å². The maximum Gasteiger partial charge on any atom is 0.0951 e. The SMILES string of the molecule is CSC1(CNCc2cncn2C2CC2)CC1. The van der Waals surface area contributed by atoms with Crippen molar-refractivity contribution in [1.29, 1.82) is 0 Å². The van der Waals surface area contributed by atoms with Crippen LogP contribution in [0, 0.1) is 0 Å². The fourth-order valence-corrected chi connectivity index (χ4v) is 2.92. The zero-order valence-electron chi connectivity index (χ0n) is 9.78. The summed E-state index contributed by atoms with van der Waals surface area (Å²) in [5, 5.41) is 3.58. The summed E-state index contributed by atoms with van der Waals surface area (Å²) in [5.74, 6) is 0. The lowest BCUT2D eigenvalue weighted by Crippen LogP contribution is -2.26. The smallest absolute Gasteiger partial charge is 0.0951 e. The van der Waals surface area contributed by atoms with Crippen LogP contribution in [-0.4, -0.2) is 27.1 Å². The van der Waals surface area contributed by atoms with Crippen molar-refractivity contribution < 1.29 is 0 Å². The number of nitrogens with one attached hydrogen (secondary N) is 1. The molecule has 0 bridgehead atoms. The number of hydrogen-bond acceptors (Lipinski definition) is 3. The zero-order valence-corrected chi connectivity index (χ0v) is 10.6. The van der Waals surface area contributed by atoms with Gasteiger partial charge in [-0.1, -0.05) is 0 Å². The van der Waals surface area contributed by atoms with Gasteiger partial charge in [0.25, 0.3) is 0 Å². The lowest BCUT2D eigenvalue weighted by molar-refractivity contribution is 0.609. The predicted octanol–water partition coefficient (Wildman–Crippen LogP) is 2.20. The van der Waals surface area contributed by atoms with Crippen LogP contribution in [0.5, 0.6) is 0 Å². The van der Waals surface area contributed by atoms with E-state index in [0.29, 0.717) is 4.75 Å². The van der Waals surface area contributed by atoms with Crippen LogP contribution in [0.25, 0.3) is 0 Å². The van der Waals surface area contributed by atoms with E-state index in [1.54, 1.807) is 0 Å². The number of aromatic nitrogens is 2. The highest BCUT2D eigenvalue weighted by atomic mass is 32.2. The van der Waals surface area contributed by atoms with Gasteiger partial charge in [-0.3, -0.25) is 0 Å². The van der Waals surface area contributed by atoms with Crippen molar-refractivity contribution in [3.63, 3.8) is 0 Å². The molecule has 2 aliphatic carbocycles. The molecule has 0 amide bonds. The molecule has 0 unspecified atom stereocenters. The number of hydrogen-bond donors (Lipinski definition) is 1. The summed E-state index contributed by atoms with van der Waals surface area (Å²) in [5.41, 5.74) is 1.35. The predicted molar refractivity (Wildman–Crippen MR) is 67.7 cm³/mol. The van der Waals surface area contributed by atoms with E-state index in [1.165, 1.54) is 31.4 Å². The molecule has 1 aromatic rings. The molecule has 4 heteroatoms. The first-order valence-electron chi connectivity index (χ1n) is 6.10. The molecule has 0 saturated heterocycles. The molecule has 88 valence electrons. The maximum atomic E-state index is 4.25. The molecule has 3 nitrogen and oxygen atoms in total. The van der Waals surface area contributed by atoms with Crippen molar-refractivity contribution in [2.24, 2.45) is 0 Å². The van der Waals surface area contributed by atoms with Crippen LogP contribution >= 0.6 is 11.8 Å². The van der Waals surface area contributed by atoms with Gasteiger partial charge >= 0.3 is 0 Å². The largest absolute Gasteiger partial charge is 0.330 e. The second-order valence-corrected chi connectivity index (χ2v) is 6.29. The van der Waals surface area contributed by atoms with Crippen LogP contribution < -0.4 is 5.32 Å². The second-order valence-electron chi connectivity index (χ2n) is 5.01. The van der Waals surface area contributed by atoms with Crippen molar-refractivity contribution in [3.8, 4) is 0 Å². The molecule has 0 aromatic carbocycles. The molecule has 2 aliphatic rings. The van der Waals surface area contributed by atoms with E-state index in [1.807, 2.05) is 24.3 Å². The Morgan fingerprint density at radius 2 is 2.38 bits per heavy atom. The standard InChI is InChI=1S/C12H19N3S/c1-16-12(4-5-12)8-13-6-11-7-14-9-15(11)10-2-3-10/h7,9-10,13H,2-6,8H2,1H3. The van der Waals surface area contributed by atoms with Gasteiger partial charge in [0.2, 0.25) is 0 Å². The highest BCUT2D eigenvalue weighted by Gasteiger charge is 2.41. The highest BCUT2D eigenvalue weighted by Crippen LogP contribution is 2.46. The van der Waals surface area contributed by atoms with Gasteiger partial charge in [-0.15, -0.1) is 0 Å². The average molecular weight is 237 g/mol. The molecular formula is C12H19N3S. The van der Waals surface area contributed by atoms with Crippen LogP contribution in [-0.2, 0) is 6.54 Å². The summed E-state index contributed by atoms with van der Waals surface area (Å²) in [4.78, 5) is 4.25. The fourth-order valence-electron chi connectivity index (χ4n) is 2.16. The van der Waals surface area contributed by atoms with Crippen LogP contribution in [0.2, 0.25) is 0 Å². The fraction of sp³-hybridized carbons (Fsp3) is 0.750. The highest BCUT2D eigenvalue weighted by molar-refractivity contribution is 8.00. The minimum absolute atomic E-state index is 0.560. The molecule has 2 fully saturated rings. The molecule has 0 atom stereocenters. The molecule has 0 aliphatic heterocycles. The van der Waals surface area contributed by atoms with Crippen molar-refractivity contribution in [2.75, 3.05) is 12.8 Å². The summed E-state index contributed by atoms with van der Waals surface area (Å²) >= 11 is 2.01. The maximum absolute atomic E-state index is 4.25. The monoisotopic (exact) mass is 237 g/mol. The molecule has 3 rings (SSSR count). The van der Waals surface area contributed by atoms with Gasteiger partial charge in [-0.25, -0.2) is 4.98 Å². The van der Waals surface area contributed by atoms with E-state index in [4.69, 9.17) is 0 Å². The van der Waals surface area contributed by atoms with Gasteiger partial charge in [-0.05, 0) is 31.9 Å². The first-order valence-corrected chi connectivity index (χ1v) is 7.32. The van der Waals surface area contributed by atoms with Gasteiger partial charge in [-0.2, -0.15) is 11.8 Å². The lowest BCUT2D eigenvalue weighted by atomic mass is 10.3. The molecule has 1 heterocycles. The van der Waals surface area contributed by atoms with Crippen molar-refractivity contribution in [1.82, 2.24) is 14.9 Å². The third kappa shape index (κ3) is 2.13.